The standard InChI is InChI=1S/C34H46N2O5/c1-4-5-6-7-8-9-13-17-32(37)35(20-14-21-40-3)25-33(38)36(23-28-15-11-10-12-16-28)24-29-26-41-31-19-18-27(2)22-30(31)34(29)39/h10-12,15-16,18-19,22,26H,4-9,13-14,17,20-21,23-25H2,1-3H3. The third-order valence-corrected chi connectivity index (χ3v) is 7.38. The molecule has 0 fully saturated rings. The lowest BCUT2D eigenvalue weighted by Gasteiger charge is -2.28. The van der Waals surface area contributed by atoms with Crippen molar-refractivity contribution in [1.29, 1.82) is 0 Å². The molecule has 0 unspecified atom stereocenters. The van der Waals surface area contributed by atoms with Gasteiger partial charge in [-0.05, 0) is 37.5 Å². The second kappa shape index (κ2) is 17.4. The van der Waals surface area contributed by atoms with E-state index in [1.54, 1.807) is 23.0 Å². The Morgan fingerprint density at radius 1 is 0.854 bits per heavy atom. The van der Waals surface area contributed by atoms with Gasteiger partial charge in [0, 0.05) is 33.2 Å². The number of nitrogens with zero attached hydrogens (tertiary/aromatic N) is 2. The largest absolute Gasteiger partial charge is 0.464 e. The SMILES string of the molecule is CCCCCCCCCC(=O)N(CCCOC)CC(=O)N(Cc1ccccc1)Cc1coc2ccc(C)cc2c1=O. The lowest BCUT2D eigenvalue weighted by molar-refractivity contribution is -0.141. The lowest BCUT2D eigenvalue weighted by Crippen LogP contribution is -2.43. The van der Waals surface area contributed by atoms with Crippen molar-refractivity contribution in [1.82, 2.24) is 9.80 Å². The van der Waals surface area contributed by atoms with Gasteiger partial charge in [-0.1, -0.05) is 87.4 Å². The summed E-state index contributed by atoms with van der Waals surface area (Å²) < 4.78 is 11.0. The van der Waals surface area contributed by atoms with Crippen LogP contribution in [0.4, 0.5) is 0 Å². The van der Waals surface area contributed by atoms with Crippen LogP contribution < -0.4 is 5.43 Å². The molecule has 2 aromatic carbocycles. The molecule has 1 aromatic heterocycles. The van der Waals surface area contributed by atoms with Gasteiger partial charge in [-0.3, -0.25) is 14.4 Å². The van der Waals surface area contributed by atoms with Gasteiger partial charge in [-0.2, -0.15) is 0 Å². The average Bonchev–Trinajstić information content (AvgIpc) is 2.97. The summed E-state index contributed by atoms with van der Waals surface area (Å²) in [6.07, 6.45) is 10.4. The van der Waals surface area contributed by atoms with E-state index in [4.69, 9.17) is 9.15 Å². The Balaban J connectivity index is 1.75. The second-order valence-electron chi connectivity index (χ2n) is 10.9. The zero-order valence-electron chi connectivity index (χ0n) is 25.0. The fraction of sp³-hybridized carbons (Fsp3) is 0.500. The molecule has 0 spiro atoms. The third-order valence-electron chi connectivity index (χ3n) is 7.38. The zero-order chi connectivity index (χ0) is 29.5. The summed E-state index contributed by atoms with van der Waals surface area (Å²) in [5, 5.41) is 0.501. The summed E-state index contributed by atoms with van der Waals surface area (Å²) in [5.74, 6) is -0.216. The Hall–Kier alpha value is -3.45. The van der Waals surface area contributed by atoms with Crippen molar-refractivity contribution in [3.05, 3.63) is 81.7 Å². The number of hydrogen-bond donors (Lipinski definition) is 0. The number of ether oxygens (including phenoxy) is 1. The van der Waals surface area contributed by atoms with Gasteiger partial charge in [-0.15, -0.1) is 0 Å². The average molecular weight is 563 g/mol. The summed E-state index contributed by atoms with van der Waals surface area (Å²) >= 11 is 0. The predicted molar refractivity (Wildman–Crippen MR) is 164 cm³/mol. The molecule has 0 saturated heterocycles. The van der Waals surface area contributed by atoms with Crippen molar-refractivity contribution < 1.29 is 18.7 Å². The monoisotopic (exact) mass is 562 g/mol. The highest BCUT2D eigenvalue weighted by atomic mass is 16.5. The molecule has 2 amide bonds. The van der Waals surface area contributed by atoms with Crippen LogP contribution in [0, 0.1) is 6.92 Å². The van der Waals surface area contributed by atoms with E-state index in [2.05, 4.69) is 6.92 Å². The molecule has 0 aliphatic heterocycles. The van der Waals surface area contributed by atoms with Crippen molar-refractivity contribution in [2.75, 3.05) is 26.8 Å². The number of carbonyl (C=O) groups excluding carboxylic acids is 2. The smallest absolute Gasteiger partial charge is 0.242 e. The molecule has 0 aliphatic carbocycles. The van der Waals surface area contributed by atoms with E-state index in [0.717, 1.165) is 30.4 Å². The van der Waals surface area contributed by atoms with E-state index in [0.29, 0.717) is 49.1 Å². The molecule has 7 heteroatoms. The summed E-state index contributed by atoms with van der Waals surface area (Å²) in [4.78, 5) is 43.7. The molecular formula is C34H46N2O5. The van der Waals surface area contributed by atoms with Crippen molar-refractivity contribution >= 4 is 22.8 Å². The maximum Gasteiger partial charge on any atom is 0.242 e. The summed E-state index contributed by atoms with van der Waals surface area (Å²) in [6, 6.07) is 15.2. The number of aryl methyl sites for hydroxylation is 1. The fourth-order valence-electron chi connectivity index (χ4n) is 4.98. The van der Waals surface area contributed by atoms with Crippen LogP contribution >= 0.6 is 0 Å². The lowest BCUT2D eigenvalue weighted by atomic mass is 10.1. The van der Waals surface area contributed by atoms with Gasteiger partial charge in [-0.25, -0.2) is 0 Å². The number of rotatable bonds is 18. The topological polar surface area (TPSA) is 80.1 Å². The molecular weight excluding hydrogens is 516 g/mol. The van der Waals surface area contributed by atoms with Gasteiger partial charge in [0.05, 0.1) is 30.3 Å². The van der Waals surface area contributed by atoms with Crippen LogP contribution in [0.25, 0.3) is 11.0 Å². The van der Waals surface area contributed by atoms with Gasteiger partial charge < -0.3 is 19.0 Å². The number of benzene rings is 2. The van der Waals surface area contributed by atoms with Gasteiger partial charge in [0.2, 0.25) is 11.8 Å². The minimum atomic E-state index is -0.206. The van der Waals surface area contributed by atoms with Gasteiger partial charge in [0.25, 0.3) is 0 Å². The molecule has 3 rings (SSSR count). The zero-order valence-corrected chi connectivity index (χ0v) is 25.0. The molecule has 0 aliphatic rings. The van der Waals surface area contributed by atoms with E-state index in [-0.39, 0.29) is 30.3 Å². The maximum absolute atomic E-state index is 13.8. The van der Waals surface area contributed by atoms with Crippen LogP contribution in [0.15, 0.2) is 64.0 Å². The second-order valence-corrected chi connectivity index (χ2v) is 10.9. The Kier molecular flexibility index (Phi) is 13.6. The van der Waals surface area contributed by atoms with Crippen molar-refractivity contribution in [2.24, 2.45) is 0 Å². The Labute approximate surface area is 244 Å². The van der Waals surface area contributed by atoms with Crippen molar-refractivity contribution in [2.45, 2.75) is 84.7 Å². The minimum absolute atomic E-state index is 0.0108. The van der Waals surface area contributed by atoms with E-state index < -0.39 is 0 Å². The highest BCUT2D eigenvalue weighted by Gasteiger charge is 2.23. The van der Waals surface area contributed by atoms with Gasteiger partial charge >= 0.3 is 0 Å². The van der Waals surface area contributed by atoms with E-state index in [1.807, 2.05) is 49.4 Å². The van der Waals surface area contributed by atoms with Crippen LogP contribution in [-0.2, 0) is 27.4 Å². The third kappa shape index (κ3) is 10.5. The highest BCUT2D eigenvalue weighted by molar-refractivity contribution is 5.85. The molecule has 41 heavy (non-hydrogen) atoms. The van der Waals surface area contributed by atoms with Crippen LogP contribution in [0.5, 0.6) is 0 Å². The van der Waals surface area contributed by atoms with E-state index in [9.17, 15) is 14.4 Å². The van der Waals surface area contributed by atoms with Gasteiger partial charge in [0.15, 0.2) is 5.43 Å². The number of methoxy groups -OCH3 is 1. The number of carbonyl (C=O) groups is 2. The van der Waals surface area contributed by atoms with Gasteiger partial charge in [0.1, 0.15) is 5.58 Å². The van der Waals surface area contributed by atoms with Crippen LogP contribution in [0.1, 0.15) is 81.4 Å². The highest BCUT2D eigenvalue weighted by Crippen LogP contribution is 2.16. The Bertz CT molecular complexity index is 1290. The van der Waals surface area contributed by atoms with E-state index in [1.165, 1.54) is 31.9 Å². The number of amides is 2. The first-order chi connectivity index (χ1) is 19.9. The molecule has 0 N–H and O–H groups in total. The Morgan fingerprint density at radius 3 is 2.32 bits per heavy atom. The first-order valence-corrected chi connectivity index (χ1v) is 15.0. The predicted octanol–water partition coefficient (Wildman–Crippen LogP) is 6.64. The molecule has 0 atom stereocenters. The molecule has 0 saturated carbocycles. The van der Waals surface area contributed by atoms with Crippen molar-refractivity contribution in [3.63, 3.8) is 0 Å². The first-order valence-electron chi connectivity index (χ1n) is 15.0. The summed E-state index contributed by atoms with van der Waals surface area (Å²) in [7, 11) is 1.63. The molecule has 222 valence electrons. The molecule has 0 radical (unpaired) electrons. The van der Waals surface area contributed by atoms with Crippen LogP contribution in [-0.4, -0.2) is 48.4 Å². The fourth-order valence-corrected chi connectivity index (χ4v) is 4.98. The number of unbranched alkanes of at least 4 members (excludes halogenated alkanes) is 6. The summed E-state index contributed by atoms with van der Waals surface area (Å²) in [5.41, 5.74) is 2.69. The minimum Gasteiger partial charge on any atom is -0.464 e. The maximum atomic E-state index is 13.8. The quantitative estimate of drug-likeness (QED) is 0.163. The number of fused-ring (bicyclic) bond motifs is 1. The molecule has 3 aromatic rings. The summed E-state index contributed by atoms with van der Waals surface area (Å²) in [6.45, 7) is 5.48. The number of hydrogen-bond acceptors (Lipinski definition) is 5. The van der Waals surface area contributed by atoms with Crippen LogP contribution in [0.2, 0.25) is 0 Å². The van der Waals surface area contributed by atoms with E-state index >= 15 is 0 Å². The molecule has 1 heterocycles. The molecule has 7 nitrogen and oxygen atoms in total. The normalized spacial score (nSPS) is 11.1. The molecule has 0 bridgehead atoms. The first kappa shape index (κ1) is 32.1. The van der Waals surface area contributed by atoms with Crippen molar-refractivity contribution in [3.8, 4) is 0 Å². The Morgan fingerprint density at radius 2 is 1.59 bits per heavy atom. The van der Waals surface area contributed by atoms with Crippen LogP contribution in [0.3, 0.4) is 0 Å².